The zero-order valence-electron chi connectivity index (χ0n) is 16.9. The second kappa shape index (κ2) is 10.1. The Morgan fingerprint density at radius 1 is 1.07 bits per heavy atom. The van der Waals surface area contributed by atoms with Crippen LogP contribution in [-0.4, -0.2) is 40.2 Å². The first kappa shape index (κ1) is 20.9. The van der Waals surface area contributed by atoms with Crippen LogP contribution in [0.25, 0.3) is 11.4 Å². The molecule has 1 heterocycles. The van der Waals surface area contributed by atoms with Crippen LogP contribution in [0.3, 0.4) is 0 Å². The van der Waals surface area contributed by atoms with Crippen LogP contribution in [-0.2, 0) is 11.3 Å². The van der Waals surface area contributed by atoms with E-state index in [0.717, 1.165) is 28.8 Å². The largest absolute Gasteiger partial charge is 0.497 e. The number of aromatic nitrogens is 3. The summed E-state index contributed by atoms with van der Waals surface area (Å²) in [6.45, 7) is 5.44. The van der Waals surface area contributed by atoms with Gasteiger partial charge in [-0.2, -0.15) is 0 Å². The molecule has 0 spiro atoms. The van der Waals surface area contributed by atoms with E-state index in [1.165, 1.54) is 11.8 Å². The summed E-state index contributed by atoms with van der Waals surface area (Å²) in [4.78, 5) is 12.0. The molecule has 2 aromatic carbocycles. The molecular formula is C22H25N3O3S. The Morgan fingerprint density at radius 2 is 1.79 bits per heavy atom. The Kier molecular flexibility index (Phi) is 7.30. The van der Waals surface area contributed by atoms with E-state index in [2.05, 4.69) is 28.6 Å². The lowest BCUT2D eigenvalue weighted by Crippen LogP contribution is -2.10. The van der Waals surface area contributed by atoms with E-state index in [4.69, 9.17) is 9.47 Å². The van der Waals surface area contributed by atoms with E-state index in [1.807, 2.05) is 42.5 Å². The molecule has 3 aromatic rings. The van der Waals surface area contributed by atoms with Gasteiger partial charge in [-0.1, -0.05) is 43.8 Å². The average molecular weight is 412 g/mol. The minimum atomic E-state index is -0.311. The molecule has 29 heavy (non-hydrogen) atoms. The van der Waals surface area contributed by atoms with E-state index in [1.54, 1.807) is 19.2 Å². The van der Waals surface area contributed by atoms with Gasteiger partial charge in [-0.15, -0.1) is 10.2 Å². The van der Waals surface area contributed by atoms with Crippen molar-refractivity contribution in [3.8, 4) is 17.1 Å². The van der Waals surface area contributed by atoms with Gasteiger partial charge in [-0.25, -0.2) is 4.79 Å². The Hall–Kier alpha value is -2.80. The number of hydrogen-bond donors (Lipinski definition) is 0. The summed E-state index contributed by atoms with van der Waals surface area (Å²) < 4.78 is 12.7. The molecule has 0 aliphatic heterocycles. The predicted molar refractivity (Wildman–Crippen MR) is 114 cm³/mol. The number of methoxy groups -OCH3 is 1. The first-order valence-electron chi connectivity index (χ1n) is 9.51. The molecular weight excluding hydrogens is 386 g/mol. The summed E-state index contributed by atoms with van der Waals surface area (Å²) in [5.74, 6) is 2.37. The van der Waals surface area contributed by atoms with Crippen LogP contribution in [0.2, 0.25) is 0 Å². The Bertz CT molecular complexity index is 924. The van der Waals surface area contributed by atoms with E-state index in [9.17, 15) is 4.79 Å². The summed E-state index contributed by atoms with van der Waals surface area (Å²) in [5.41, 5.74) is 1.54. The topological polar surface area (TPSA) is 66.2 Å². The normalized spacial score (nSPS) is 10.9. The summed E-state index contributed by atoms with van der Waals surface area (Å²) in [6.07, 6.45) is 0. The molecule has 0 saturated carbocycles. The van der Waals surface area contributed by atoms with Gasteiger partial charge in [-0.05, 0) is 42.3 Å². The number of esters is 1. The van der Waals surface area contributed by atoms with Gasteiger partial charge in [0.1, 0.15) is 12.4 Å². The molecule has 152 valence electrons. The third-order valence-electron chi connectivity index (χ3n) is 4.17. The molecule has 0 aliphatic carbocycles. The van der Waals surface area contributed by atoms with E-state index >= 15 is 0 Å². The third-order valence-corrected chi connectivity index (χ3v) is 5.10. The van der Waals surface area contributed by atoms with Crippen molar-refractivity contribution >= 4 is 17.7 Å². The Balaban J connectivity index is 1.65. The second-order valence-electron chi connectivity index (χ2n) is 6.89. The highest BCUT2D eigenvalue weighted by Gasteiger charge is 2.16. The van der Waals surface area contributed by atoms with Gasteiger partial charge in [-0.3, -0.25) is 0 Å². The Labute approximate surface area is 175 Å². The number of carbonyl (C=O) groups is 1. The van der Waals surface area contributed by atoms with Crippen LogP contribution in [0.4, 0.5) is 0 Å². The maximum Gasteiger partial charge on any atom is 0.338 e. The lowest BCUT2D eigenvalue weighted by atomic mass is 10.2. The van der Waals surface area contributed by atoms with Gasteiger partial charge < -0.3 is 14.0 Å². The van der Waals surface area contributed by atoms with Gasteiger partial charge >= 0.3 is 5.97 Å². The smallest absolute Gasteiger partial charge is 0.338 e. The minimum Gasteiger partial charge on any atom is -0.497 e. The van der Waals surface area contributed by atoms with Crippen molar-refractivity contribution in [3.05, 3.63) is 60.2 Å². The summed E-state index contributed by atoms with van der Waals surface area (Å²) in [5, 5.41) is 9.59. The molecule has 0 atom stereocenters. The molecule has 0 unspecified atom stereocenters. The fourth-order valence-electron chi connectivity index (χ4n) is 2.80. The van der Waals surface area contributed by atoms with Crippen LogP contribution in [0.1, 0.15) is 24.2 Å². The van der Waals surface area contributed by atoms with Crippen LogP contribution < -0.4 is 4.74 Å². The maximum atomic E-state index is 12.0. The summed E-state index contributed by atoms with van der Waals surface area (Å²) in [7, 11) is 1.65. The zero-order chi connectivity index (χ0) is 20.6. The Morgan fingerprint density at radius 3 is 2.45 bits per heavy atom. The quantitative estimate of drug-likeness (QED) is 0.292. The highest BCUT2D eigenvalue weighted by atomic mass is 32.2. The van der Waals surface area contributed by atoms with Crippen LogP contribution in [0.15, 0.2) is 59.8 Å². The molecule has 0 aliphatic rings. The van der Waals surface area contributed by atoms with Gasteiger partial charge in [0.05, 0.1) is 12.7 Å². The van der Waals surface area contributed by atoms with Gasteiger partial charge in [0.15, 0.2) is 11.0 Å². The van der Waals surface area contributed by atoms with E-state index in [-0.39, 0.29) is 5.97 Å². The number of carbonyl (C=O) groups excluding carboxylic acids is 1. The van der Waals surface area contributed by atoms with Crippen molar-refractivity contribution in [3.63, 3.8) is 0 Å². The lowest BCUT2D eigenvalue weighted by molar-refractivity contribution is 0.0530. The SMILES string of the molecule is COc1ccc(-c2nnc(SCCOC(=O)c3ccccc3)n2CC(C)C)cc1. The number of benzene rings is 2. The number of thioether (sulfide) groups is 1. The molecule has 0 fully saturated rings. The van der Waals surface area contributed by atoms with Crippen LogP contribution in [0, 0.1) is 5.92 Å². The number of hydrogen-bond acceptors (Lipinski definition) is 6. The van der Waals surface area contributed by atoms with Crippen molar-refractivity contribution < 1.29 is 14.3 Å². The molecule has 6 nitrogen and oxygen atoms in total. The predicted octanol–water partition coefficient (Wildman–Crippen LogP) is 4.56. The number of rotatable bonds is 9. The molecule has 0 N–H and O–H groups in total. The zero-order valence-corrected chi connectivity index (χ0v) is 17.7. The molecule has 0 radical (unpaired) electrons. The molecule has 0 amide bonds. The first-order valence-corrected chi connectivity index (χ1v) is 10.5. The first-order chi connectivity index (χ1) is 14.1. The average Bonchev–Trinajstić information content (AvgIpc) is 3.13. The molecule has 0 saturated heterocycles. The van der Waals surface area contributed by atoms with E-state index < -0.39 is 0 Å². The fraction of sp³-hybridized carbons (Fsp3) is 0.318. The van der Waals surface area contributed by atoms with Crippen molar-refractivity contribution in [1.29, 1.82) is 0 Å². The maximum absolute atomic E-state index is 12.0. The molecule has 1 aromatic heterocycles. The van der Waals surface area contributed by atoms with Crippen molar-refractivity contribution in [2.24, 2.45) is 5.92 Å². The van der Waals surface area contributed by atoms with Crippen molar-refractivity contribution in [1.82, 2.24) is 14.8 Å². The molecule has 3 rings (SSSR count). The molecule has 0 bridgehead atoms. The van der Waals surface area contributed by atoms with Gasteiger partial charge in [0.25, 0.3) is 0 Å². The lowest BCUT2D eigenvalue weighted by Gasteiger charge is -2.13. The standard InChI is InChI=1S/C22H25N3O3S/c1-16(2)15-25-20(17-9-11-19(27-3)12-10-17)23-24-22(25)29-14-13-28-21(26)18-7-5-4-6-8-18/h4-12,16H,13-15H2,1-3H3. The number of ether oxygens (including phenoxy) is 2. The van der Waals surface area contributed by atoms with Crippen molar-refractivity contribution in [2.75, 3.05) is 19.5 Å². The van der Waals surface area contributed by atoms with E-state index in [0.29, 0.717) is 23.8 Å². The van der Waals surface area contributed by atoms with Crippen LogP contribution >= 0.6 is 11.8 Å². The second-order valence-corrected chi connectivity index (χ2v) is 7.95. The van der Waals surface area contributed by atoms with Crippen molar-refractivity contribution in [2.45, 2.75) is 25.5 Å². The monoisotopic (exact) mass is 411 g/mol. The number of nitrogens with zero attached hydrogens (tertiary/aromatic N) is 3. The fourth-order valence-corrected chi connectivity index (χ4v) is 3.57. The summed E-state index contributed by atoms with van der Waals surface area (Å²) in [6, 6.07) is 16.8. The van der Waals surface area contributed by atoms with Gasteiger partial charge in [0.2, 0.25) is 0 Å². The highest BCUT2D eigenvalue weighted by Crippen LogP contribution is 2.26. The van der Waals surface area contributed by atoms with Gasteiger partial charge in [0, 0.05) is 17.9 Å². The highest BCUT2D eigenvalue weighted by molar-refractivity contribution is 7.99. The third kappa shape index (κ3) is 5.60. The summed E-state index contributed by atoms with van der Waals surface area (Å²) >= 11 is 1.54. The molecule has 7 heteroatoms. The van der Waals surface area contributed by atoms with Crippen LogP contribution in [0.5, 0.6) is 5.75 Å². The minimum absolute atomic E-state index is 0.310.